The molecule has 0 aliphatic rings. The van der Waals surface area contributed by atoms with E-state index in [4.69, 9.17) is 9.47 Å². The summed E-state index contributed by atoms with van der Waals surface area (Å²) in [5, 5.41) is 0. The van der Waals surface area contributed by atoms with Crippen LogP contribution in [0.25, 0.3) is 5.57 Å². The zero-order chi connectivity index (χ0) is 17.6. The molecule has 5 nitrogen and oxygen atoms in total. The van der Waals surface area contributed by atoms with E-state index >= 15 is 0 Å². The van der Waals surface area contributed by atoms with Gasteiger partial charge in [-0.15, -0.1) is 0 Å². The molecule has 0 amide bonds. The van der Waals surface area contributed by atoms with E-state index in [-0.39, 0.29) is 16.2 Å². The Balaban J connectivity index is 2.46. The van der Waals surface area contributed by atoms with Gasteiger partial charge in [-0.1, -0.05) is 42.5 Å². The van der Waals surface area contributed by atoms with Gasteiger partial charge in [-0.25, -0.2) is 13.2 Å². The van der Waals surface area contributed by atoms with Gasteiger partial charge in [0.2, 0.25) is 0 Å². The molecule has 0 aliphatic carbocycles. The predicted octanol–water partition coefficient (Wildman–Crippen LogP) is 2.82. The van der Waals surface area contributed by atoms with Crippen LogP contribution in [0.15, 0.2) is 65.8 Å². The molecular formula is C18H18O5S. The number of sulfone groups is 1. The van der Waals surface area contributed by atoms with Crippen LogP contribution in [-0.2, 0) is 29.9 Å². The largest absolute Gasteiger partial charge is 0.503 e. The monoisotopic (exact) mass is 346 g/mol. The van der Waals surface area contributed by atoms with Crippen LogP contribution in [0.4, 0.5) is 0 Å². The normalized spacial score (nSPS) is 11.8. The lowest BCUT2D eigenvalue weighted by molar-refractivity contribution is -0.133. The van der Waals surface area contributed by atoms with Crippen LogP contribution < -0.4 is 0 Å². The quantitative estimate of drug-likeness (QED) is 0.457. The molecule has 2 aromatic rings. The van der Waals surface area contributed by atoms with Crippen molar-refractivity contribution in [1.29, 1.82) is 0 Å². The average Bonchev–Trinajstić information content (AvgIpc) is 2.60. The molecule has 24 heavy (non-hydrogen) atoms. The van der Waals surface area contributed by atoms with Crippen LogP contribution in [0, 0.1) is 0 Å². The van der Waals surface area contributed by atoms with Gasteiger partial charge in [-0.2, -0.15) is 0 Å². The lowest BCUT2D eigenvalue weighted by Gasteiger charge is -2.12. The summed E-state index contributed by atoms with van der Waals surface area (Å²) in [4.78, 5) is 12.2. The predicted molar refractivity (Wildman–Crippen MR) is 90.8 cm³/mol. The van der Waals surface area contributed by atoms with E-state index in [1.807, 2.05) is 0 Å². The maximum Gasteiger partial charge on any atom is 0.341 e. The van der Waals surface area contributed by atoms with Crippen LogP contribution in [0.3, 0.4) is 0 Å². The van der Waals surface area contributed by atoms with Crippen molar-refractivity contribution in [2.75, 3.05) is 14.2 Å². The van der Waals surface area contributed by atoms with E-state index < -0.39 is 15.8 Å². The highest BCUT2D eigenvalue weighted by atomic mass is 32.2. The van der Waals surface area contributed by atoms with E-state index in [0.717, 1.165) is 0 Å². The third-order valence-electron chi connectivity index (χ3n) is 3.40. The third kappa shape index (κ3) is 4.02. The summed E-state index contributed by atoms with van der Waals surface area (Å²) in [6.07, 6.45) is 1.25. The Labute approximate surface area is 141 Å². The number of methoxy groups -OCH3 is 2. The third-order valence-corrected chi connectivity index (χ3v) is 5.08. The summed E-state index contributed by atoms with van der Waals surface area (Å²) in [5.74, 6) is -0.827. The van der Waals surface area contributed by atoms with Crippen molar-refractivity contribution in [3.63, 3.8) is 0 Å². The van der Waals surface area contributed by atoms with Crippen molar-refractivity contribution < 1.29 is 22.7 Å². The molecule has 0 heterocycles. The van der Waals surface area contributed by atoms with Gasteiger partial charge >= 0.3 is 5.97 Å². The molecule has 2 aromatic carbocycles. The summed E-state index contributed by atoms with van der Waals surface area (Å²) in [6, 6.07) is 15.0. The number of hydrogen-bond donors (Lipinski definition) is 0. The smallest absolute Gasteiger partial charge is 0.341 e. The molecular weight excluding hydrogens is 328 g/mol. The highest BCUT2D eigenvalue weighted by Gasteiger charge is 2.21. The first-order valence-corrected chi connectivity index (χ1v) is 8.82. The van der Waals surface area contributed by atoms with Crippen molar-refractivity contribution in [1.82, 2.24) is 0 Å². The van der Waals surface area contributed by atoms with E-state index in [0.29, 0.717) is 11.1 Å². The summed E-state index contributed by atoms with van der Waals surface area (Å²) >= 11 is 0. The second kappa shape index (κ2) is 7.79. The first kappa shape index (κ1) is 17.7. The highest BCUT2D eigenvalue weighted by Crippen LogP contribution is 2.25. The van der Waals surface area contributed by atoms with Crippen LogP contribution in [-0.4, -0.2) is 28.6 Å². The molecule has 6 heteroatoms. The van der Waals surface area contributed by atoms with Crippen LogP contribution in [0.5, 0.6) is 0 Å². The maximum atomic E-state index is 12.6. The zero-order valence-electron chi connectivity index (χ0n) is 13.4. The fraction of sp³-hybridized carbons (Fsp3) is 0.167. The standard InChI is InChI=1S/C18H18O5S/c1-22-12-17(18(19)23-2)16-11-7-6-8-14(16)13-24(20,21)15-9-4-3-5-10-15/h3-12H,13H2,1-2H3/b17-12-. The minimum absolute atomic E-state index is 0.166. The van der Waals surface area contributed by atoms with Gasteiger partial charge in [0.15, 0.2) is 9.84 Å². The SMILES string of the molecule is CO/C=C(\C(=O)OC)c1ccccc1CS(=O)(=O)c1ccccc1. The van der Waals surface area contributed by atoms with Gasteiger partial charge in [0, 0.05) is 0 Å². The Morgan fingerprint density at radius 1 is 1.00 bits per heavy atom. The second-order valence-corrected chi connectivity index (χ2v) is 6.98. The Morgan fingerprint density at radius 3 is 2.25 bits per heavy atom. The molecule has 0 saturated heterocycles. The Morgan fingerprint density at radius 2 is 1.62 bits per heavy atom. The van der Waals surface area contributed by atoms with Gasteiger partial charge in [-0.05, 0) is 23.3 Å². The molecule has 0 bridgehead atoms. The zero-order valence-corrected chi connectivity index (χ0v) is 14.2. The number of hydrogen-bond acceptors (Lipinski definition) is 5. The molecule has 2 rings (SSSR count). The van der Waals surface area contributed by atoms with Crippen molar-refractivity contribution in [2.24, 2.45) is 0 Å². The van der Waals surface area contributed by atoms with Crippen LogP contribution in [0.1, 0.15) is 11.1 Å². The van der Waals surface area contributed by atoms with Gasteiger partial charge in [0.1, 0.15) is 5.57 Å². The Kier molecular flexibility index (Phi) is 5.76. The van der Waals surface area contributed by atoms with Gasteiger partial charge in [-0.3, -0.25) is 0 Å². The number of rotatable bonds is 6. The van der Waals surface area contributed by atoms with E-state index in [1.165, 1.54) is 20.5 Å². The van der Waals surface area contributed by atoms with E-state index in [1.54, 1.807) is 54.6 Å². The molecule has 0 atom stereocenters. The molecule has 126 valence electrons. The van der Waals surface area contributed by atoms with Gasteiger partial charge in [0.25, 0.3) is 0 Å². The van der Waals surface area contributed by atoms with Gasteiger partial charge in [0.05, 0.1) is 31.1 Å². The van der Waals surface area contributed by atoms with Crippen molar-refractivity contribution in [2.45, 2.75) is 10.6 Å². The van der Waals surface area contributed by atoms with Crippen molar-refractivity contribution in [3.05, 3.63) is 72.0 Å². The lowest BCUT2D eigenvalue weighted by atomic mass is 10.0. The fourth-order valence-corrected chi connectivity index (χ4v) is 3.67. The average molecular weight is 346 g/mol. The molecule has 0 unspecified atom stereocenters. The number of benzene rings is 2. The molecule has 0 aromatic heterocycles. The summed E-state index contributed by atoms with van der Waals surface area (Å²) in [6.45, 7) is 0. The molecule has 0 spiro atoms. The number of ether oxygens (including phenoxy) is 2. The van der Waals surface area contributed by atoms with Crippen LogP contribution in [0.2, 0.25) is 0 Å². The summed E-state index contributed by atoms with van der Waals surface area (Å²) < 4.78 is 34.9. The summed E-state index contributed by atoms with van der Waals surface area (Å²) in [5.41, 5.74) is 1.12. The Hall–Kier alpha value is -2.60. The number of carbonyl (C=O) groups excluding carboxylic acids is 1. The minimum atomic E-state index is -3.54. The number of esters is 1. The minimum Gasteiger partial charge on any atom is -0.503 e. The van der Waals surface area contributed by atoms with Crippen molar-refractivity contribution in [3.8, 4) is 0 Å². The fourth-order valence-electron chi connectivity index (χ4n) is 2.27. The first-order chi connectivity index (χ1) is 11.5. The van der Waals surface area contributed by atoms with Crippen LogP contribution >= 0.6 is 0 Å². The first-order valence-electron chi connectivity index (χ1n) is 7.17. The van der Waals surface area contributed by atoms with Gasteiger partial charge < -0.3 is 9.47 Å². The number of carbonyl (C=O) groups is 1. The van der Waals surface area contributed by atoms with E-state index in [2.05, 4.69) is 0 Å². The molecule has 0 fully saturated rings. The molecule has 0 saturated carbocycles. The molecule has 0 aliphatic heterocycles. The Bertz CT molecular complexity index is 839. The lowest BCUT2D eigenvalue weighted by Crippen LogP contribution is -2.10. The highest BCUT2D eigenvalue weighted by molar-refractivity contribution is 7.90. The van der Waals surface area contributed by atoms with Crippen molar-refractivity contribution >= 4 is 21.4 Å². The van der Waals surface area contributed by atoms with E-state index in [9.17, 15) is 13.2 Å². The summed E-state index contributed by atoms with van der Waals surface area (Å²) in [7, 11) is -0.869. The maximum absolute atomic E-state index is 12.6. The second-order valence-electron chi connectivity index (χ2n) is 4.99. The topological polar surface area (TPSA) is 69.7 Å². The molecule has 0 radical (unpaired) electrons. The molecule has 0 N–H and O–H groups in total.